The largest absolute Gasteiger partial charge is 0.444 e. The summed E-state index contributed by atoms with van der Waals surface area (Å²) in [5.74, 6) is 0. The van der Waals surface area contributed by atoms with Crippen LogP contribution in [0.15, 0.2) is 24.3 Å². The Labute approximate surface area is 131 Å². The molecule has 1 atom stereocenters. The average Bonchev–Trinajstić information content (AvgIpc) is 2.32. The summed E-state index contributed by atoms with van der Waals surface area (Å²) in [7, 11) is -4.27. The number of amides is 1. The second-order valence-electron chi connectivity index (χ2n) is 6.08. The fourth-order valence-corrected chi connectivity index (χ4v) is 3.03. The van der Waals surface area contributed by atoms with Gasteiger partial charge in [0.25, 0.3) is 10.1 Å². The molecular weight excluding hydrogens is 306 g/mol. The van der Waals surface area contributed by atoms with Gasteiger partial charge in [-0.3, -0.25) is 4.55 Å². The number of benzene rings is 1. The summed E-state index contributed by atoms with van der Waals surface area (Å²) in [6.45, 7) is 7.06. The van der Waals surface area contributed by atoms with E-state index < -0.39 is 27.1 Å². The molecule has 124 valence electrons. The van der Waals surface area contributed by atoms with Crippen LogP contribution < -0.4 is 5.32 Å². The maximum absolute atomic E-state index is 11.6. The first kappa shape index (κ1) is 18.4. The van der Waals surface area contributed by atoms with E-state index in [9.17, 15) is 17.8 Å². The van der Waals surface area contributed by atoms with Crippen LogP contribution in [0.3, 0.4) is 0 Å². The predicted molar refractivity (Wildman–Crippen MR) is 84.3 cm³/mol. The van der Waals surface area contributed by atoms with E-state index in [-0.39, 0.29) is 13.0 Å². The van der Waals surface area contributed by atoms with Crippen LogP contribution in [-0.2, 0) is 14.9 Å². The molecule has 2 N–H and O–H groups in total. The minimum Gasteiger partial charge on any atom is -0.444 e. The van der Waals surface area contributed by atoms with Crippen LogP contribution in [0.1, 0.15) is 43.6 Å². The van der Waals surface area contributed by atoms with Crippen molar-refractivity contribution in [2.24, 2.45) is 0 Å². The summed E-state index contributed by atoms with van der Waals surface area (Å²) in [5.41, 5.74) is 0.668. The van der Waals surface area contributed by atoms with E-state index in [1.54, 1.807) is 52.0 Å². The summed E-state index contributed by atoms with van der Waals surface area (Å²) in [5, 5.41) is 1.41. The highest BCUT2D eigenvalue weighted by molar-refractivity contribution is 7.86. The molecule has 1 aromatic rings. The van der Waals surface area contributed by atoms with Crippen molar-refractivity contribution in [3.63, 3.8) is 0 Å². The predicted octanol–water partition coefficient (Wildman–Crippen LogP) is 2.84. The van der Waals surface area contributed by atoms with Crippen molar-refractivity contribution in [2.75, 3.05) is 6.54 Å². The number of alkyl carbamates (subject to hydrolysis) is 1. The summed E-state index contributed by atoms with van der Waals surface area (Å²) >= 11 is 0. The van der Waals surface area contributed by atoms with Crippen molar-refractivity contribution in [2.45, 2.75) is 45.0 Å². The number of nitrogens with one attached hydrogen (secondary N) is 1. The monoisotopic (exact) mass is 329 g/mol. The molecule has 0 aliphatic carbocycles. The summed E-state index contributed by atoms with van der Waals surface area (Å²) < 4.78 is 37.7. The van der Waals surface area contributed by atoms with Crippen molar-refractivity contribution in [1.29, 1.82) is 0 Å². The molecule has 0 aromatic heterocycles. The summed E-state index contributed by atoms with van der Waals surface area (Å²) in [6.07, 6.45) is -0.561. The smallest absolute Gasteiger partial charge is 0.407 e. The fraction of sp³-hybridized carbons (Fsp3) is 0.533. The Morgan fingerprint density at radius 1 is 1.32 bits per heavy atom. The molecule has 0 aliphatic rings. The number of carbonyl (C=O) groups excluding carboxylic acids is 1. The first-order valence-electron chi connectivity index (χ1n) is 6.99. The van der Waals surface area contributed by atoms with Gasteiger partial charge in [-0.15, -0.1) is 0 Å². The zero-order valence-electron chi connectivity index (χ0n) is 13.3. The standard InChI is InChI=1S/C15H23NO5S/c1-11-7-5-6-8-12(11)13(22(18,19)20)9-10-16-14(17)21-15(2,3)4/h5-8,13H,9-10H2,1-4H3,(H,16,17)(H,18,19,20). The van der Waals surface area contributed by atoms with E-state index in [4.69, 9.17) is 4.74 Å². The lowest BCUT2D eigenvalue weighted by atomic mass is 10.0. The van der Waals surface area contributed by atoms with Crippen LogP contribution in [0, 0.1) is 6.92 Å². The van der Waals surface area contributed by atoms with E-state index in [0.717, 1.165) is 5.56 Å². The van der Waals surface area contributed by atoms with Crippen molar-refractivity contribution < 1.29 is 22.5 Å². The number of aryl methyl sites for hydroxylation is 1. The first-order valence-corrected chi connectivity index (χ1v) is 8.50. The van der Waals surface area contributed by atoms with Crippen LogP contribution in [0.5, 0.6) is 0 Å². The molecule has 6 nitrogen and oxygen atoms in total. The highest BCUT2D eigenvalue weighted by Crippen LogP contribution is 2.27. The molecule has 0 bridgehead atoms. The highest BCUT2D eigenvalue weighted by atomic mass is 32.2. The number of hydrogen-bond acceptors (Lipinski definition) is 4. The molecule has 1 aromatic carbocycles. The molecule has 0 saturated carbocycles. The third-order valence-electron chi connectivity index (χ3n) is 2.97. The molecule has 1 amide bonds. The van der Waals surface area contributed by atoms with Gasteiger partial charge in [0.1, 0.15) is 10.9 Å². The third kappa shape index (κ3) is 6.03. The van der Waals surface area contributed by atoms with E-state index in [2.05, 4.69) is 5.32 Å². The van der Waals surface area contributed by atoms with Crippen LogP contribution >= 0.6 is 0 Å². The molecular formula is C15H23NO5S. The Hall–Kier alpha value is -1.60. The SMILES string of the molecule is Cc1ccccc1C(CCNC(=O)OC(C)(C)C)S(=O)(=O)O. The number of ether oxygens (including phenoxy) is 1. The lowest BCUT2D eigenvalue weighted by Gasteiger charge is -2.21. The molecule has 0 aliphatic heterocycles. The molecule has 0 radical (unpaired) electrons. The van der Waals surface area contributed by atoms with Gasteiger partial charge in [-0.05, 0) is 45.2 Å². The molecule has 22 heavy (non-hydrogen) atoms. The van der Waals surface area contributed by atoms with Gasteiger partial charge in [0, 0.05) is 6.54 Å². The Balaban J connectivity index is 2.74. The van der Waals surface area contributed by atoms with Gasteiger partial charge in [0.15, 0.2) is 0 Å². The van der Waals surface area contributed by atoms with Gasteiger partial charge >= 0.3 is 6.09 Å². The average molecular weight is 329 g/mol. The van der Waals surface area contributed by atoms with Gasteiger partial charge in [0.2, 0.25) is 0 Å². The van der Waals surface area contributed by atoms with Crippen molar-refractivity contribution in [1.82, 2.24) is 5.32 Å². The fourth-order valence-electron chi connectivity index (χ4n) is 2.03. The molecule has 0 fully saturated rings. The van der Waals surface area contributed by atoms with Crippen molar-refractivity contribution >= 4 is 16.2 Å². The van der Waals surface area contributed by atoms with E-state index in [1.165, 1.54) is 0 Å². The maximum Gasteiger partial charge on any atom is 0.407 e. The zero-order valence-corrected chi connectivity index (χ0v) is 14.1. The first-order chi connectivity index (χ1) is 10.0. The number of carbonyl (C=O) groups is 1. The van der Waals surface area contributed by atoms with E-state index in [1.807, 2.05) is 0 Å². The van der Waals surface area contributed by atoms with Crippen molar-refractivity contribution in [3.8, 4) is 0 Å². The number of hydrogen-bond donors (Lipinski definition) is 2. The van der Waals surface area contributed by atoms with Crippen LogP contribution in [0.25, 0.3) is 0 Å². The van der Waals surface area contributed by atoms with E-state index in [0.29, 0.717) is 5.56 Å². The molecule has 0 spiro atoms. The third-order valence-corrected chi connectivity index (χ3v) is 4.18. The van der Waals surface area contributed by atoms with E-state index >= 15 is 0 Å². The number of rotatable bonds is 5. The van der Waals surface area contributed by atoms with Gasteiger partial charge < -0.3 is 10.1 Å². The molecule has 1 rings (SSSR count). The highest BCUT2D eigenvalue weighted by Gasteiger charge is 2.26. The van der Waals surface area contributed by atoms with Gasteiger partial charge in [0.05, 0.1) is 0 Å². The van der Waals surface area contributed by atoms with Gasteiger partial charge in [-0.2, -0.15) is 8.42 Å². The minimum absolute atomic E-state index is 0.0585. The minimum atomic E-state index is -4.27. The Morgan fingerprint density at radius 2 is 1.91 bits per heavy atom. The van der Waals surface area contributed by atoms with Gasteiger partial charge in [-0.1, -0.05) is 24.3 Å². The van der Waals surface area contributed by atoms with Gasteiger partial charge in [-0.25, -0.2) is 4.79 Å². The lowest BCUT2D eigenvalue weighted by Crippen LogP contribution is -2.34. The quantitative estimate of drug-likeness (QED) is 0.810. The molecule has 1 unspecified atom stereocenters. The second-order valence-corrected chi connectivity index (χ2v) is 7.68. The van der Waals surface area contributed by atoms with Crippen LogP contribution in [0.2, 0.25) is 0 Å². The normalized spacial score (nSPS) is 13.5. The summed E-state index contributed by atoms with van der Waals surface area (Å²) in [4.78, 5) is 11.5. The molecule has 7 heteroatoms. The molecule has 0 heterocycles. The maximum atomic E-state index is 11.6. The molecule has 0 saturated heterocycles. The Morgan fingerprint density at radius 3 is 2.41 bits per heavy atom. The Kier molecular flexibility index (Phi) is 5.96. The topological polar surface area (TPSA) is 92.7 Å². The lowest BCUT2D eigenvalue weighted by molar-refractivity contribution is 0.0527. The summed E-state index contributed by atoms with van der Waals surface area (Å²) in [6, 6.07) is 6.93. The Bertz CT molecular complexity index is 619. The van der Waals surface area contributed by atoms with Crippen LogP contribution in [0.4, 0.5) is 4.79 Å². The second kappa shape index (κ2) is 7.11. The zero-order chi connectivity index (χ0) is 17.0. The van der Waals surface area contributed by atoms with Crippen molar-refractivity contribution in [3.05, 3.63) is 35.4 Å². The van der Waals surface area contributed by atoms with Crippen LogP contribution in [-0.4, -0.2) is 31.2 Å².